The Labute approximate surface area is 241 Å². The van der Waals surface area contributed by atoms with Gasteiger partial charge in [0.2, 0.25) is 10.9 Å². The first-order valence-electron chi connectivity index (χ1n) is 12.1. The van der Waals surface area contributed by atoms with E-state index in [-0.39, 0.29) is 16.5 Å². The highest BCUT2D eigenvalue weighted by atomic mass is 35.5. The molecular weight excluding hydrogens is 570 g/mol. The molecule has 0 saturated heterocycles. The molecule has 3 heterocycles. The number of halogens is 1. The second-order valence-electron chi connectivity index (χ2n) is 8.82. The second kappa shape index (κ2) is 10.8. The summed E-state index contributed by atoms with van der Waals surface area (Å²) >= 11 is 8.90. The smallest absolute Gasteiger partial charge is 0.296 e. The molecule has 5 aromatic rings. The van der Waals surface area contributed by atoms with Crippen LogP contribution in [-0.2, 0) is 10.5 Å². The fourth-order valence-corrected chi connectivity index (χ4v) is 6.63. The number of hydrogen-bond acceptors (Lipinski definition) is 9. The predicted octanol–water partition coefficient (Wildman–Crippen LogP) is 7.02. The van der Waals surface area contributed by atoms with Gasteiger partial charge in [-0.05, 0) is 41.5 Å². The quantitative estimate of drug-likeness (QED) is 0.117. The SMILES string of the molecule is COc1ccc(C2C(C(=O)c3cc4ccccc4o3)=C(O)C(=O)N2c2nnc(SCc3ccccc3Cl)s2)cc1. The molecule has 6 rings (SSSR count). The van der Waals surface area contributed by atoms with Crippen LogP contribution in [0, 0.1) is 0 Å². The van der Waals surface area contributed by atoms with E-state index < -0.39 is 23.5 Å². The van der Waals surface area contributed by atoms with E-state index >= 15 is 0 Å². The molecule has 0 fully saturated rings. The minimum Gasteiger partial charge on any atom is -0.503 e. The molecule has 8 nitrogen and oxygen atoms in total. The minimum absolute atomic E-state index is 0.0177. The molecule has 1 aliphatic rings. The maximum atomic E-state index is 13.8. The molecule has 1 N–H and O–H groups in total. The molecule has 11 heteroatoms. The lowest BCUT2D eigenvalue weighted by molar-refractivity contribution is -0.117. The first kappa shape index (κ1) is 26.1. The number of amides is 1. The van der Waals surface area contributed by atoms with Gasteiger partial charge >= 0.3 is 0 Å². The van der Waals surface area contributed by atoms with Crippen molar-refractivity contribution in [2.24, 2.45) is 0 Å². The zero-order chi connectivity index (χ0) is 27.8. The van der Waals surface area contributed by atoms with E-state index in [4.69, 9.17) is 20.8 Å². The number of para-hydroxylation sites is 1. The summed E-state index contributed by atoms with van der Waals surface area (Å²) in [5.41, 5.74) is 1.95. The van der Waals surface area contributed by atoms with Gasteiger partial charge in [-0.2, -0.15) is 0 Å². The number of hydrogen-bond donors (Lipinski definition) is 1. The van der Waals surface area contributed by atoms with Crippen LogP contribution in [0.3, 0.4) is 0 Å². The van der Waals surface area contributed by atoms with Gasteiger partial charge in [-0.25, -0.2) is 0 Å². The highest BCUT2D eigenvalue weighted by Gasteiger charge is 2.46. The van der Waals surface area contributed by atoms with Gasteiger partial charge in [-0.1, -0.05) is 83.2 Å². The summed E-state index contributed by atoms with van der Waals surface area (Å²) in [5.74, 6) is -0.825. The number of benzene rings is 3. The van der Waals surface area contributed by atoms with Crippen LogP contribution in [0.25, 0.3) is 11.0 Å². The molecule has 3 aromatic carbocycles. The molecule has 0 aliphatic carbocycles. The van der Waals surface area contributed by atoms with Gasteiger partial charge in [-0.3, -0.25) is 14.5 Å². The first-order chi connectivity index (χ1) is 19.4. The topological polar surface area (TPSA) is 106 Å². The zero-order valence-corrected chi connectivity index (χ0v) is 23.3. The maximum Gasteiger partial charge on any atom is 0.296 e. The Balaban J connectivity index is 1.37. The van der Waals surface area contributed by atoms with Crippen LogP contribution in [0.5, 0.6) is 5.75 Å². The molecule has 0 radical (unpaired) electrons. The number of anilines is 1. The molecule has 0 saturated carbocycles. The summed E-state index contributed by atoms with van der Waals surface area (Å²) in [7, 11) is 1.55. The average molecular weight is 590 g/mol. The highest BCUT2D eigenvalue weighted by molar-refractivity contribution is 8.00. The van der Waals surface area contributed by atoms with Gasteiger partial charge in [0, 0.05) is 16.2 Å². The Morgan fingerprint density at radius 2 is 1.85 bits per heavy atom. The van der Waals surface area contributed by atoms with Crippen molar-refractivity contribution in [3.8, 4) is 5.75 Å². The Bertz CT molecular complexity index is 1750. The van der Waals surface area contributed by atoms with Crippen molar-refractivity contribution >= 4 is 62.5 Å². The maximum absolute atomic E-state index is 13.8. The lowest BCUT2D eigenvalue weighted by atomic mass is 9.95. The summed E-state index contributed by atoms with van der Waals surface area (Å²) in [6.45, 7) is 0. The van der Waals surface area contributed by atoms with Crippen LogP contribution >= 0.6 is 34.7 Å². The summed E-state index contributed by atoms with van der Waals surface area (Å²) in [6.07, 6.45) is 0. The largest absolute Gasteiger partial charge is 0.503 e. The Hall–Kier alpha value is -4.12. The van der Waals surface area contributed by atoms with E-state index in [0.717, 1.165) is 10.9 Å². The summed E-state index contributed by atoms with van der Waals surface area (Å²) in [4.78, 5) is 28.6. The van der Waals surface area contributed by atoms with Gasteiger partial charge in [0.15, 0.2) is 15.9 Å². The fourth-order valence-electron chi connectivity index (χ4n) is 4.48. The third kappa shape index (κ3) is 4.74. The molecule has 1 aliphatic heterocycles. The molecule has 2 aromatic heterocycles. The molecule has 1 amide bonds. The first-order valence-corrected chi connectivity index (χ1v) is 14.3. The van der Waals surface area contributed by atoms with Crippen molar-refractivity contribution in [1.82, 2.24) is 10.2 Å². The number of thioether (sulfide) groups is 1. The Morgan fingerprint density at radius 3 is 2.60 bits per heavy atom. The number of aromatic nitrogens is 2. The number of ether oxygens (including phenoxy) is 1. The van der Waals surface area contributed by atoms with Crippen LogP contribution < -0.4 is 9.64 Å². The van der Waals surface area contributed by atoms with Gasteiger partial charge in [0.25, 0.3) is 5.91 Å². The van der Waals surface area contributed by atoms with Gasteiger partial charge < -0.3 is 14.3 Å². The molecule has 0 spiro atoms. The Morgan fingerprint density at radius 1 is 1.10 bits per heavy atom. The summed E-state index contributed by atoms with van der Waals surface area (Å²) in [6, 6.07) is 22.3. The normalized spacial score (nSPS) is 15.3. The standard InChI is InChI=1S/C29H20ClN3O5S2/c1-37-19-12-10-16(11-13-19)24-23(25(34)22-14-17-6-3-5-9-21(17)38-22)26(35)27(36)33(24)28-31-32-29(40-28)39-15-18-7-2-4-8-20(18)30/h2-14,24,35H,15H2,1H3. The summed E-state index contributed by atoms with van der Waals surface area (Å²) in [5, 5.41) is 21.2. The van der Waals surface area contributed by atoms with E-state index in [1.165, 1.54) is 28.0 Å². The van der Waals surface area contributed by atoms with E-state index in [1.54, 1.807) is 49.6 Å². The van der Waals surface area contributed by atoms with Crippen molar-refractivity contribution in [3.63, 3.8) is 0 Å². The molecule has 1 unspecified atom stereocenters. The van der Waals surface area contributed by atoms with E-state index in [0.29, 0.717) is 32.0 Å². The van der Waals surface area contributed by atoms with Crippen molar-refractivity contribution in [1.29, 1.82) is 0 Å². The molecule has 1 atom stereocenters. The van der Waals surface area contributed by atoms with Crippen molar-refractivity contribution in [2.45, 2.75) is 16.1 Å². The minimum atomic E-state index is -0.964. The van der Waals surface area contributed by atoms with Gasteiger partial charge in [0.1, 0.15) is 11.3 Å². The van der Waals surface area contributed by atoms with Crippen LogP contribution in [0.2, 0.25) is 5.02 Å². The Kier molecular flexibility index (Phi) is 7.05. The van der Waals surface area contributed by atoms with Crippen LogP contribution in [0.4, 0.5) is 5.13 Å². The van der Waals surface area contributed by atoms with Crippen molar-refractivity contribution in [3.05, 3.63) is 112 Å². The van der Waals surface area contributed by atoms with E-state index in [9.17, 15) is 14.7 Å². The molecule has 40 heavy (non-hydrogen) atoms. The zero-order valence-electron chi connectivity index (χ0n) is 20.9. The van der Waals surface area contributed by atoms with Crippen LogP contribution in [0.15, 0.2) is 99.0 Å². The fraction of sp³-hybridized carbons (Fsp3) is 0.103. The number of fused-ring (bicyclic) bond motifs is 1. The number of ketones is 1. The van der Waals surface area contributed by atoms with Crippen molar-refractivity contribution < 1.29 is 23.8 Å². The monoisotopic (exact) mass is 589 g/mol. The lowest BCUT2D eigenvalue weighted by Crippen LogP contribution is -2.31. The molecular formula is C29H20ClN3O5S2. The van der Waals surface area contributed by atoms with E-state index in [1.807, 2.05) is 36.4 Å². The van der Waals surface area contributed by atoms with Crippen LogP contribution in [0.1, 0.15) is 27.7 Å². The number of nitrogens with zero attached hydrogens (tertiary/aromatic N) is 3. The number of aliphatic hydroxyl groups excluding tert-OH is 1. The number of furan rings is 1. The van der Waals surface area contributed by atoms with Gasteiger partial charge in [0.05, 0.1) is 18.7 Å². The number of carbonyl (C=O) groups is 2. The van der Waals surface area contributed by atoms with E-state index in [2.05, 4.69) is 10.2 Å². The summed E-state index contributed by atoms with van der Waals surface area (Å²) < 4.78 is 11.7. The average Bonchev–Trinajstić information content (AvgIpc) is 3.69. The molecule has 200 valence electrons. The third-order valence-corrected chi connectivity index (χ3v) is 8.92. The number of carbonyl (C=O) groups excluding carboxylic acids is 2. The molecule has 0 bridgehead atoms. The number of Topliss-reactive ketones (excluding diaryl/α,β-unsaturated/α-hetero) is 1. The second-order valence-corrected chi connectivity index (χ2v) is 11.4. The number of methoxy groups -OCH3 is 1. The predicted molar refractivity (Wildman–Crippen MR) is 154 cm³/mol. The van der Waals surface area contributed by atoms with Crippen molar-refractivity contribution in [2.75, 3.05) is 12.0 Å². The number of rotatable bonds is 8. The highest BCUT2D eigenvalue weighted by Crippen LogP contribution is 2.44. The lowest BCUT2D eigenvalue weighted by Gasteiger charge is -2.24. The van der Waals surface area contributed by atoms with Crippen LogP contribution in [-0.4, -0.2) is 34.1 Å². The third-order valence-electron chi connectivity index (χ3n) is 6.44. The number of aliphatic hydroxyl groups is 1. The van der Waals surface area contributed by atoms with Gasteiger partial charge in [-0.15, -0.1) is 10.2 Å².